The predicted octanol–water partition coefficient (Wildman–Crippen LogP) is 3.14. The van der Waals surface area contributed by atoms with Crippen molar-refractivity contribution < 1.29 is 9.90 Å². The average molecular weight is 253 g/mol. The molecule has 104 valence electrons. The van der Waals surface area contributed by atoms with E-state index in [2.05, 4.69) is 18.7 Å². The Labute approximate surface area is 111 Å². The van der Waals surface area contributed by atoms with Gasteiger partial charge >= 0.3 is 5.97 Å². The van der Waals surface area contributed by atoms with E-state index in [-0.39, 0.29) is 6.54 Å². The van der Waals surface area contributed by atoms with Gasteiger partial charge in [0, 0.05) is 12.1 Å². The number of aliphatic carboxylic acids is 1. The molecule has 0 aromatic carbocycles. The van der Waals surface area contributed by atoms with E-state index in [0.717, 1.165) is 11.8 Å². The van der Waals surface area contributed by atoms with Gasteiger partial charge < -0.3 is 5.11 Å². The quantitative estimate of drug-likeness (QED) is 0.836. The van der Waals surface area contributed by atoms with Crippen LogP contribution in [-0.2, 0) is 4.79 Å². The molecule has 0 spiro atoms. The number of hydrogen-bond acceptors (Lipinski definition) is 2. The highest BCUT2D eigenvalue weighted by molar-refractivity contribution is 5.69. The molecule has 0 aliphatic heterocycles. The van der Waals surface area contributed by atoms with E-state index in [9.17, 15) is 4.79 Å². The minimum atomic E-state index is -0.659. The lowest BCUT2D eigenvalue weighted by Gasteiger charge is -2.41. The molecule has 3 atom stereocenters. The molecule has 2 aliphatic carbocycles. The number of carboxylic acid groups (broad SMARTS) is 1. The van der Waals surface area contributed by atoms with Gasteiger partial charge in [-0.25, -0.2) is 0 Å². The van der Waals surface area contributed by atoms with Crippen molar-refractivity contribution in [2.45, 2.75) is 70.9 Å². The van der Waals surface area contributed by atoms with Gasteiger partial charge in [-0.2, -0.15) is 0 Å². The van der Waals surface area contributed by atoms with Gasteiger partial charge in [-0.15, -0.1) is 0 Å². The Bertz CT molecular complexity index is 286. The molecule has 3 unspecified atom stereocenters. The highest BCUT2D eigenvalue weighted by Gasteiger charge is 2.34. The van der Waals surface area contributed by atoms with Crippen molar-refractivity contribution in [1.29, 1.82) is 0 Å². The normalized spacial score (nSPS) is 34.1. The Hall–Kier alpha value is -0.570. The maximum absolute atomic E-state index is 11.1. The second-order valence-corrected chi connectivity index (χ2v) is 6.43. The Morgan fingerprint density at radius 2 is 1.72 bits per heavy atom. The van der Waals surface area contributed by atoms with Crippen molar-refractivity contribution in [1.82, 2.24) is 4.90 Å². The fraction of sp³-hybridized carbons (Fsp3) is 0.933. The van der Waals surface area contributed by atoms with E-state index in [0.29, 0.717) is 12.1 Å². The van der Waals surface area contributed by atoms with E-state index in [4.69, 9.17) is 5.11 Å². The van der Waals surface area contributed by atoms with Crippen molar-refractivity contribution in [2.24, 2.45) is 11.8 Å². The number of nitrogens with zero attached hydrogens (tertiary/aromatic N) is 1. The summed E-state index contributed by atoms with van der Waals surface area (Å²) in [5.41, 5.74) is 0. The van der Waals surface area contributed by atoms with Crippen LogP contribution in [0.2, 0.25) is 0 Å². The second-order valence-electron chi connectivity index (χ2n) is 6.43. The van der Waals surface area contributed by atoms with E-state index in [1.54, 1.807) is 0 Å². The molecule has 18 heavy (non-hydrogen) atoms. The summed E-state index contributed by atoms with van der Waals surface area (Å²) in [6.45, 7) is 4.90. The first kappa shape index (κ1) is 13.9. The summed E-state index contributed by atoms with van der Waals surface area (Å²) < 4.78 is 0. The van der Waals surface area contributed by atoms with Gasteiger partial charge in [0.2, 0.25) is 0 Å². The molecule has 0 aromatic heterocycles. The van der Waals surface area contributed by atoms with E-state index in [1.165, 1.54) is 44.9 Å². The Morgan fingerprint density at radius 3 is 2.28 bits per heavy atom. The molecule has 0 saturated heterocycles. The highest BCUT2D eigenvalue weighted by Crippen LogP contribution is 2.35. The molecule has 2 fully saturated rings. The van der Waals surface area contributed by atoms with Crippen molar-refractivity contribution in [3.63, 3.8) is 0 Å². The standard InChI is InChI=1S/C15H27NO2/c1-11-7-8-14(9-12(11)2)16(10-15(17)18)13-5-3-4-6-13/h11-14H,3-10H2,1-2H3,(H,17,18). The molecule has 0 radical (unpaired) electrons. The number of rotatable bonds is 4. The summed E-state index contributed by atoms with van der Waals surface area (Å²) in [4.78, 5) is 13.4. The van der Waals surface area contributed by atoms with E-state index < -0.39 is 5.97 Å². The number of carbonyl (C=O) groups is 1. The SMILES string of the molecule is CC1CCC(N(CC(=O)O)C2CCCC2)CC1C. The van der Waals surface area contributed by atoms with Crippen molar-refractivity contribution in [2.75, 3.05) is 6.54 Å². The van der Waals surface area contributed by atoms with Gasteiger partial charge in [0.25, 0.3) is 0 Å². The fourth-order valence-electron chi connectivity index (χ4n) is 3.77. The van der Waals surface area contributed by atoms with Gasteiger partial charge in [0.1, 0.15) is 0 Å². The Morgan fingerprint density at radius 1 is 1.06 bits per heavy atom. The third kappa shape index (κ3) is 3.25. The van der Waals surface area contributed by atoms with Gasteiger partial charge in [-0.1, -0.05) is 26.7 Å². The maximum atomic E-state index is 11.1. The van der Waals surface area contributed by atoms with Crippen LogP contribution in [0.1, 0.15) is 58.8 Å². The first-order chi connectivity index (χ1) is 8.58. The molecule has 0 aromatic rings. The summed E-state index contributed by atoms with van der Waals surface area (Å²) in [7, 11) is 0. The first-order valence-corrected chi connectivity index (χ1v) is 7.55. The van der Waals surface area contributed by atoms with Gasteiger partial charge in [-0.05, 0) is 43.9 Å². The molecule has 0 amide bonds. The second kappa shape index (κ2) is 6.05. The molecule has 0 heterocycles. The predicted molar refractivity (Wildman–Crippen MR) is 72.6 cm³/mol. The molecule has 3 nitrogen and oxygen atoms in total. The molecule has 2 saturated carbocycles. The zero-order valence-corrected chi connectivity index (χ0v) is 11.8. The van der Waals surface area contributed by atoms with Gasteiger partial charge in [-0.3, -0.25) is 9.69 Å². The molecule has 0 bridgehead atoms. The number of carboxylic acids is 1. The first-order valence-electron chi connectivity index (χ1n) is 7.55. The zero-order valence-electron chi connectivity index (χ0n) is 11.8. The fourth-order valence-corrected chi connectivity index (χ4v) is 3.77. The molecule has 2 aliphatic rings. The molecule has 2 rings (SSSR count). The Balaban J connectivity index is 2.01. The van der Waals surface area contributed by atoms with Crippen LogP contribution in [0.3, 0.4) is 0 Å². The third-order valence-corrected chi connectivity index (χ3v) is 5.15. The van der Waals surface area contributed by atoms with E-state index in [1.807, 2.05) is 0 Å². The summed E-state index contributed by atoms with van der Waals surface area (Å²) in [5, 5.41) is 9.15. The largest absolute Gasteiger partial charge is 0.480 e. The maximum Gasteiger partial charge on any atom is 0.317 e. The summed E-state index contributed by atoms with van der Waals surface area (Å²) in [6.07, 6.45) is 8.59. The van der Waals surface area contributed by atoms with Crippen LogP contribution >= 0.6 is 0 Å². The van der Waals surface area contributed by atoms with Crippen LogP contribution in [0.25, 0.3) is 0 Å². The highest BCUT2D eigenvalue weighted by atomic mass is 16.4. The van der Waals surface area contributed by atoms with Crippen LogP contribution in [0.5, 0.6) is 0 Å². The smallest absolute Gasteiger partial charge is 0.317 e. The minimum Gasteiger partial charge on any atom is -0.480 e. The van der Waals surface area contributed by atoms with Crippen LogP contribution < -0.4 is 0 Å². The van der Waals surface area contributed by atoms with Crippen LogP contribution in [0.15, 0.2) is 0 Å². The van der Waals surface area contributed by atoms with Crippen LogP contribution in [0, 0.1) is 11.8 Å². The van der Waals surface area contributed by atoms with Crippen LogP contribution in [-0.4, -0.2) is 34.6 Å². The molecular weight excluding hydrogens is 226 g/mol. The lowest BCUT2D eigenvalue weighted by Crippen LogP contribution is -2.47. The van der Waals surface area contributed by atoms with Gasteiger partial charge in [0.05, 0.1) is 6.54 Å². The van der Waals surface area contributed by atoms with Crippen molar-refractivity contribution in [3.05, 3.63) is 0 Å². The third-order valence-electron chi connectivity index (χ3n) is 5.15. The average Bonchev–Trinajstić information content (AvgIpc) is 2.83. The summed E-state index contributed by atoms with van der Waals surface area (Å²) in [6, 6.07) is 1.04. The molecular formula is C15H27NO2. The van der Waals surface area contributed by atoms with Gasteiger partial charge in [0.15, 0.2) is 0 Å². The lowest BCUT2D eigenvalue weighted by molar-refractivity contribution is -0.140. The molecule has 3 heteroatoms. The molecule has 1 N–H and O–H groups in total. The lowest BCUT2D eigenvalue weighted by atomic mass is 9.78. The summed E-state index contributed by atoms with van der Waals surface area (Å²) >= 11 is 0. The van der Waals surface area contributed by atoms with Crippen molar-refractivity contribution >= 4 is 5.97 Å². The summed E-state index contributed by atoms with van der Waals surface area (Å²) in [5.74, 6) is 0.881. The zero-order chi connectivity index (χ0) is 13.1. The topological polar surface area (TPSA) is 40.5 Å². The number of hydrogen-bond donors (Lipinski definition) is 1. The monoisotopic (exact) mass is 253 g/mol. The van der Waals surface area contributed by atoms with Crippen molar-refractivity contribution in [3.8, 4) is 0 Å². The van der Waals surface area contributed by atoms with Crippen LogP contribution in [0.4, 0.5) is 0 Å². The van der Waals surface area contributed by atoms with E-state index >= 15 is 0 Å². The minimum absolute atomic E-state index is 0.246. The Kier molecular flexibility index (Phi) is 4.66.